The van der Waals surface area contributed by atoms with Crippen molar-refractivity contribution >= 4 is 0 Å². The lowest BCUT2D eigenvalue weighted by Crippen LogP contribution is -2.49. The van der Waals surface area contributed by atoms with Crippen molar-refractivity contribution in [2.24, 2.45) is 0 Å². The molecule has 5 nitrogen and oxygen atoms in total. The van der Waals surface area contributed by atoms with Gasteiger partial charge in [0.05, 0.1) is 6.54 Å². The predicted octanol–water partition coefficient (Wildman–Crippen LogP) is 1.62. The number of fused-ring (bicyclic) bond motifs is 1. The van der Waals surface area contributed by atoms with Gasteiger partial charge in [0.2, 0.25) is 11.8 Å². The third kappa shape index (κ3) is 2.30. The molecule has 3 aliphatic rings. The average molecular weight is 262 g/mol. The van der Waals surface area contributed by atoms with E-state index in [2.05, 4.69) is 20.0 Å². The van der Waals surface area contributed by atoms with Crippen LogP contribution in [0.2, 0.25) is 0 Å². The largest absolute Gasteiger partial charge is 0.424 e. The second kappa shape index (κ2) is 4.87. The SMILES string of the molecule is C1CC(c2nnc(CN3CCN4CCC[C@H]4C3)o2)C1. The zero-order valence-corrected chi connectivity index (χ0v) is 11.4. The summed E-state index contributed by atoms with van der Waals surface area (Å²) in [5.74, 6) is 2.24. The number of nitrogens with zero attached hydrogens (tertiary/aromatic N) is 4. The normalized spacial score (nSPS) is 29.4. The Bertz CT molecular complexity index is 442. The van der Waals surface area contributed by atoms with E-state index in [0.717, 1.165) is 30.9 Å². The molecule has 2 saturated heterocycles. The number of piperazine rings is 1. The minimum Gasteiger partial charge on any atom is -0.424 e. The Morgan fingerprint density at radius 1 is 1.05 bits per heavy atom. The summed E-state index contributed by atoms with van der Waals surface area (Å²) < 4.78 is 5.82. The molecular formula is C14H22N4O. The van der Waals surface area contributed by atoms with Gasteiger partial charge in [-0.05, 0) is 32.2 Å². The maximum absolute atomic E-state index is 5.82. The van der Waals surface area contributed by atoms with Crippen LogP contribution in [0.3, 0.4) is 0 Å². The lowest BCUT2D eigenvalue weighted by molar-refractivity contribution is 0.0920. The lowest BCUT2D eigenvalue weighted by Gasteiger charge is -2.36. The molecule has 4 rings (SSSR count). The fraction of sp³-hybridized carbons (Fsp3) is 0.857. The quantitative estimate of drug-likeness (QED) is 0.828. The highest BCUT2D eigenvalue weighted by Gasteiger charge is 2.31. The number of rotatable bonds is 3. The molecule has 1 aromatic heterocycles. The van der Waals surface area contributed by atoms with Crippen molar-refractivity contribution in [3.05, 3.63) is 11.8 Å². The van der Waals surface area contributed by atoms with Crippen molar-refractivity contribution < 1.29 is 4.42 Å². The van der Waals surface area contributed by atoms with Gasteiger partial charge in [-0.2, -0.15) is 0 Å². The van der Waals surface area contributed by atoms with Crippen LogP contribution in [0.15, 0.2) is 4.42 Å². The van der Waals surface area contributed by atoms with Crippen molar-refractivity contribution in [1.29, 1.82) is 0 Å². The molecule has 5 heteroatoms. The maximum Gasteiger partial charge on any atom is 0.230 e. The summed E-state index contributed by atoms with van der Waals surface area (Å²) in [6.45, 7) is 5.64. The Morgan fingerprint density at radius 2 is 2.00 bits per heavy atom. The first-order valence-corrected chi connectivity index (χ1v) is 7.67. The fourth-order valence-electron chi connectivity index (χ4n) is 3.54. The van der Waals surface area contributed by atoms with Gasteiger partial charge < -0.3 is 4.42 Å². The van der Waals surface area contributed by atoms with Gasteiger partial charge in [-0.3, -0.25) is 9.80 Å². The Kier molecular flexibility index (Phi) is 3.04. The van der Waals surface area contributed by atoms with Gasteiger partial charge in [-0.25, -0.2) is 0 Å². The minimum atomic E-state index is 0.549. The first-order chi connectivity index (χ1) is 9.38. The molecule has 1 aromatic rings. The molecule has 1 aliphatic carbocycles. The molecule has 0 amide bonds. The van der Waals surface area contributed by atoms with Gasteiger partial charge in [0.25, 0.3) is 0 Å². The average Bonchev–Trinajstić information content (AvgIpc) is 2.96. The van der Waals surface area contributed by atoms with Gasteiger partial charge in [0.1, 0.15) is 0 Å². The summed E-state index contributed by atoms with van der Waals surface area (Å²) in [6, 6.07) is 0.766. The van der Waals surface area contributed by atoms with Crippen LogP contribution in [0.25, 0.3) is 0 Å². The highest BCUT2D eigenvalue weighted by Crippen LogP contribution is 2.35. The maximum atomic E-state index is 5.82. The molecule has 2 aliphatic heterocycles. The van der Waals surface area contributed by atoms with Crippen LogP contribution in [0.5, 0.6) is 0 Å². The van der Waals surface area contributed by atoms with E-state index in [1.54, 1.807) is 0 Å². The summed E-state index contributed by atoms with van der Waals surface area (Å²) in [6.07, 6.45) is 6.48. The summed E-state index contributed by atoms with van der Waals surface area (Å²) in [7, 11) is 0. The minimum absolute atomic E-state index is 0.549. The van der Waals surface area contributed by atoms with E-state index in [1.807, 2.05) is 0 Å². The van der Waals surface area contributed by atoms with Crippen LogP contribution in [0.4, 0.5) is 0 Å². The number of aromatic nitrogens is 2. The summed E-state index contributed by atoms with van der Waals surface area (Å²) >= 11 is 0. The molecule has 0 unspecified atom stereocenters. The molecule has 1 saturated carbocycles. The molecule has 0 aromatic carbocycles. The van der Waals surface area contributed by atoms with Crippen LogP contribution in [0.1, 0.15) is 49.8 Å². The number of hydrogen-bond acceptors (Lipinski definition) is 5. The Balaban J connectivity index is 1.37. The third-order valence-electron chi connectivity index (χ3n) is 4.97. The zero-order valence-electron chi connectivity index (χ0n) is 11.4. The van der Waals surface area contributed by atoms with E-state index >= 15 is 0 Å². The van der Waals surface area contributed by atoms with Crippen molar-refractivity contribution in [3.8, 4) is 0 Å². The van der Waals surface area contributed by atoms with Gasteiger partial charge in [0, 0.05) is 31.6 Å². The molecule has 3 fully saturated rings. The van der Waals surface area contributed by atoms with Gasteiger partial charge >= 0.3 is 0 Å². The lowest BCUT2D eigenvalue weighted by atomic mass is 9.85. The predicted molar refractivity (Wildman–Crippen MR) is 70.8 cm³/mol. The van der Waals surface area contributed by atoms with Crippen LogP contribution >= 0.6 is 0 Å². The summed E-state index contributed by atoms with van der Waals surface area (Å²) in [4.78, 5) is 5.11. The molecular weight excluding hydrogens is 240 g/mol. The molecule has 0 N–H and O–H groups in total. The first-order valence-electron chi connectivity index (χ1n) is 7.67. The van der Waals surface area contributed by atoms with Crippen molar-refractivity contribution in [1.82, 2.24) is 20.0 Å². The molecule has 0 radical (unpaired) electrons. The Hall–Kier alpha value is -0.940. The Morgan fingerprint density at radius 3 is 2.84 bits per heavy atom. The molecule has 104 valence electrons. The van der Waals surface area contributed by atoms with E-state index in [4.69, 9.17) is 4.42 Å². The van der Waals surface area contributed by atoms with E-state index in [-0.39, 0.29) is 0 Å². The van der Waals surface area contributed by atoms with E-state index in [0.29, 0.717) is 5.92 Å². The second-order valence-electron chi connectivity index (χ2n) is 6.23. The van der Waals surface area contributed by atoms with Crippen molar-refractivity contribution in [2.45, 2.75) is 50.6 Å². The molecule has 3 heterocycles. The van der Waals surface area contributed by atoms with Crippen LogP contribution in [0, 0.1) is 0 Å². The molecule has 19 heavy (non-hydrogen) atoms. The van der Waals surface area contributed by atoms with E-state index in [9.17, 15) is 0 Å². The van der Waals surface area contributed by atoms with Crippen LogP contribution in [-0.4, -0.2) is 52.2 Å². The van der Waals surface area contributed by atoms with Crippen molar-refractivity contribution in [3.63, 3.8) is 0 Å². The van der Waals surface area contributed by atoms with Gasteiger partial charge in [-0.1, -0.05) is 6.42 Å². The fourth-order valence-corrected chi connectivity index (χ4v) is 3.54. The monoisotopic (exact) mass is 262 g/mol. The van der Waals surface area contributed by atoms with Gasteiger partial charge in [-0.15, -0.1) is 10.2 Å². The highest BCUT2D eigenvalue weighted by molar-refractivity contribution is 4.97. The van der Waals surface area contributed by atoms with Gasteiger partial charge in [0.15, 0.2) is 0 Å². The van der Waals surface area contributed by atoms with Crippen molar-refractivity contribution in [2.75, 3.05) is 26.2 Å². The smallest absolute Gasteiger partial charge is 0.230 e. The molecule has 0 spiro atoms. The Labute approximate surface area is 114 Å². The second-order valence-corrected chi connectivity index (χ2v) is 6.23. The van der Waals surface area contributed by atoms with E-state index < -0.39 is 0 Å². The first kappa shape index (κ1) is 11.9. The standard InChI is InChI=1S/C14H22N4O/c1-3-11(4-1)14-16-15-13(19-14)10-17-7-8-18-6-2-5-12(18)9-17/h11-12H,1-10H2/t12-/m0/s1. The zero-order chi connectivity index (χ0) is 12.7. The topological polar surface area (TPSA) is 45.4 Å². The molecule has 0 bridgehead atoms. The summed E-state index contributed by atoms with van der Waals surface area (Å²) in [5, 5.41) is 8.44. The molecule has 1 atom stereocenters. The van der Waals surface area contributed by atoms with E-state index in [1.165, 1.54) is 51.7 Å². The third-order valence-corrected chi connectivity index (χ3v) is 4.97. The highest BCUT2D eigenvalue weighted by atomic mass is 16.4. The summed E-state index contributed by atoms with van der Waals surface area (Å²) in [5.41, 5.74) is 0. The number of hydrogen-bond donors (Lipinski definition) is 0. The van der Waals surface area contributed by atoms with Crippen LogP contribution < -0.4 is 0 Å². The van der Waals surface area contributed by atoms with Crippen LogP contribution in [-0.2, 0) is 6.54 Å².